The predicted octanol–water partition coefficient (Wildman–Crippen LogP) is 1.47. The monoisotopic (exact) mass is 246 g/mol. The van der Waals surface area contributed by atoms with Gasteiger partial charge in [-0.25, -0.2) is 4.98 Å². The average molecular weight is 246 g/mol. The SMILES string of the molecule is NCc1cnc(N(CC(F)(F)F)C2CC2)cn1. The van der Waals surface area contributed by atoms with E-state index in [1.807, 2.05) is 0 Å². The second-order valence-corrected chi connectivity index (χ2v) is 4.04. The molecule has 0 unspecified atom stereocenters. The van der Waals surface area contributed by atoms with Crippen molar-refractivity contribution in [3.05, 3.63) is 18.1 Å². The van der Waals surface area contributed by atoms with Crippen molar-refractivity contribution in [3.8, 4) is 0 Å². The van der Waals surface area contributed by atoms with Crippen LogP contribution in [0.15, 0.2) is 12.4 Å². The first-order valence-corrected chi connectivity index (χ1v) is 5.34. The highest BCUT2D eigenvalue weighted by Gasteiger charge is 2.38. The van der Waals surface area contributed by atoms with E-state index in [2.05, 4.69) is 9.97 Å². The maximum absolute atomic E-state index is 12.4. The molecule has 0 spiro atoms. The number of hydrogen-bond acceptors (Lipinski definition) is 4. The van der Waals surface area contributed by atoms with Crippen LogP contribution in [0.1, 0.15) is 18.5 Å². The van der Waals surface area contributed by atoms with Gasteiger partial charge in [0.25, 0.3) is 0 Å². The predicted molar refractivity (Wildman–Crippen MR) is 56.3 cm³/mol. The third-order valence-corrected chi connectivity index (χ3v) is 2.53. The number of nitrogens with zero attached hydrogens (tertiary/aromatic N) is 3. The molecule has 1 aliphatic rings. The molecule has 0 aliphatic heterocycles. The van der Waals surface area contributed by atoms with E-state index in [9.17, 15) is 13.2 Å². The Labute approximate surface area is 96.7 Å². The van der Waals surface area contributed by atoms with E-state index in [-0.39, 0.29) is 18.4 Å². The van der Waals surface area contributed by atoms with Gasteiger partial charge in [-0.15, -0.1) is 0 Å². The lowest BCUT2D eigenvalue weighted by atomic mass is 10.4. The molecule has 1 aromatic heterocycles. The van der Waals surface area contributed by atoms with Gasteiger partial charge >= 0.3 is 6.18 Å². The molecule has 94 valence electrons. The quantitative estimate of drug-likeness (QED) is 0.874. The Morgan fingerprint density at radius 1 is 1.29 bits per heavy atom. The number of rotatable bonds is 4. The summed E-state index contributed by atoms with van der Waals surface area (Å²) in [5, 5.41) is 0. The maximum Gasteiger partial charge on any atom is 0.405 e. The Kier molecular flexibility index (Phi) is 3.19. The van der Waals surface area contributed by atoms with Gasteiger partial charge in [0.15, 0.2) is 0 Å². The van der Waals surface area contributed by atoms with Crippen molar-refractivity contribution in [1.82, 2.24) is 9.97 Å². The van der Waals surface area contributed by atoms with Crippen LogP contribution in [0.3, 0.4) is 0 Å². The molecule has 0 bridgehead atoms. The van der Waals surface area contributed by atoms with Gasteiger partial charge in [-0.1, -0.05) is 0 Å². The summed E-state index contributed by atoms with van der Waals surface area (Å²) < 4.78 is 37.2. The lowest BCUT2D eigenvalue weighted by Gasteiger charge is -2.24. The largest absolute Gasteiger partial charge is 0.405 e. The summed E-state index contributed by atoms with van der Waals surface area (Å²) in [5.41, 5.74) is 5.92. The summed E-state index contributed by atoms with van der Waals surface area (Å²) in [4.78, 5) is 9.20. The van der Waals surface area contributed by atoms with Gasteiger partial charge in [-0.2, -0.15) is 13.2 Å². The summed E-state index contributed by atoms with van der Waals surface area (Å²) in [6.07, 6.45) is 0.0942. The zero-order chi connectivity index (χ0) is 12.5. The summed E-state index contributed by atoms with van der Waals surface area (Å²) in [6.45, 7) is -0.746. The minimum Gasteiger partial charge on any atom is -0.343 e. The Morgan fingerprint density at radius 3 is 2.41 bits per heavy atom. The molecule has 0 aromatic carbocycles. The molecule has 1 aliphatic carbocycles. The van der Waals surface area contributed by atoms with Crippen LogP contribution in [0.5, 0.6) is 0 Å². The fraction of sp³-hybridized carbons (Fsp3) is 0.600. The number of aromatic nitrogens is 2. The Hall–Kier alpha value is -1.37. The average Bonchev–Trinajstić information content (AvgIpc) is 3.09. The van der Waals surface area contributed by atoms with E-state index in [1.54, 1.807) is 0 Å². The smallest absolute Gasteiger partial charge is 0.343 e. The molecule has 0 amide bonds. The second-order valence-electron chi connectivity index (χ2n) is 4.04. The zero-order valence-corrected chi connectivity index (χ0v) is 9.11. The zero-order valence-electron chi connectivity index (χ0n) is 9.11. The Morgan fingerprint density at radius 2 is 2.00 bits per heavy atom. The standard InChI is InChI=1S/C10H13F3N4/c11-10(12,13)6-17(8-1-2-8)9-5-15-7(3-14)4-16-9/h4-5,8H,1-3,6,14H2. The molecule has 1 aromatic rings. The van der Waals surface area contributed by atoms with Crippen molar-refractivity contribution in [2.24, 2.45) is 5.73 Å². The lowest BCUT2D eigenvalue weighted by Crippen LogP contribution is -2.36. The van der Waals surface area contributed by atoms with Crippen LogP contribution in [0.25, 0.3) is 0 Å². The fourth-order valence-electron chi connectivity index (χ4n) is 1.58. The maximum atomic E-state index is 12.4. The highest BCUT2D eigenvalue weighted by atomic mass is 19.4. The summed E-state index contributed by atoms with van der Waals surface area (Å²) >= 11 is 0. The van der Waals surface area contributed by atoms with Crippen LogP contribution < -0.4 is 10.6 Å². The Balaban J connectivity index is 2.14. The van der Waals surface area contributed by atoms with E-state index in [4.69, 9.17) is 5.73 Å². The van der Waals surface area contributed by atoms with Crippen molar-refractivity contribution in [1.29, 1.82) is 0 Å². The number of hydrogen-bond donors (Lipinski definition) is 1. The van der Waals surface area contributed by atoms with E-state index in [0.717, 1.165) is 12.8 Å². The van der Waals surface area contributed by atoms with Gasteiger partial charge in [0.2, 0.25) is 0 Å². The van der Waals surface area contributed by atoms with Gasteiger partial charge in [0, 0.05) is 12.6 Å². The van der Waals surface area contributed by atoms with Crippen LogP contribution in [0.2, 0.25) is 0 Å². The van der Waals surface area contributed by atoms with Gasteiger partial charge in [-0.05, 0) is 12.8 Å². The van der Waals surface area contributed by atoms with Crippen LogP contribution in [0.4, 0.5) is 19.0 Å². The van der Waals surface area contributed by atoms with Crippen molar-refractivity contribution in [2.75, 3.05) is 11.4 Å². The molecule has 17 heavy (non-hydrogen) atoms. The highest BCUT2D eigenvalue weighted by molar-refractivity contribution is 5.39. The van der Waals surface area contributed by atoms with Gasteiger partial charge < -0.3 is 10.6 Å². The molecule has 0 radical (unpaired) electrons. The third kappa shape index (κ3) is 3.29. The second kappa shape index (κ2) is 4.48. The van der Waals surface area contributed by atoms with Crippen LogP contribution >= 0.6 is 0 Å². The van der Waals surface area contributed by atoms with E-state index in [1.165, 1.54) is 17.3 Å². The highest BCUT2D eigenvalue weighted by Crippen LogP contribution is 2.32. The van der Waals surface area contributed by atoms with Crippen LogP contribution in [-0.4, -0.2) is 28.7 Å². The van der Waals surface area contributed by atoms with E-state index < -0.39 is 12.7 Å². The molecule has 4 nitrogen and oxygen atoms in total. The third-order valence-electron chi connectivity index (χ3n) is 2.53. The molecular weight excluding hydrogens is 233 g/mol. The number of halogens is 3. The molecular formula is C10H13F3N4. The van der Waals surface area contributed by atoms with Gasteiger partial charge in [-0.3, -0.25) is 4.98 Å². The number of alkyl halides is 3. The first-order chi connectivity index (χ1) is 7.99. The first kappa shape index (κ1) is 12.1. The number of nitrogens with two attached hydrogens (primary N) is 1. The molecule has 7 heteroatoms. The molecule has 1 saturated carbocycles. The minimum absolute atomic E-state index is 0.0605. The minimum atomic E-state index is -4.23. The summed E-state index contributed by atoms with van der Waals surface area (Å²) in [6, 6.07) is -0.0605. The molecule has 0 atom stereocenters. The fourth-order valence-corrected chi connectivity index (χ4v) is 1.58. The molecule has 0 saturated heterocycles. The summed E-state index contributed by atoms with van der Waals surface area (Å²) in [5.74, 6) is 0.266. The lowest BCUT2D eigenvalue weighted by molar-refractivity contribution is -0.120. The van der Waals surface area contributed by atoms with Gasteiger partial charge in [0.05, 0.1) is 18.1 Å². The van der Waals surface area contributed by atoms with Gasteiger partial charge in [0.1, 0.15) is 12.4 Å². The Bertz CT molecular complexity index is 372. The van der Waals surface area contributed by atoms with Crippen molar-refractivity contribution in [2.45, 2.75) is 31.6 Å². The van der Waals surface area contributed by atoms with Crippen molar-refractivity contribution < 1.29 is 13.2 Å². The first-order valence-electron chi connectivity index (χ1n) is 5.34. The normalized spacial score (nSPS) is 16.0. The topological polar surface area (TPSA) is 55.0 Å². The van der Waals surface area contributed by atoms with Crippen LogP contribution in [0, 0.1) is 0 Å². The van der Waals surface area contributed by atoms with Crippen molar-refractivity contribution in [3.63, 3.8) is 0 Å². The summed E-state index contributed by atoms with van der Waals surface area (Å²) in [7, 11) is 0. The van der Waals surface area contributed by atoms with Crippen LogP contribution in [-0.2, 0) is 6.54 Å². The van der Waals surface area contributed by atoms with Crippen molar-refractivity contribution >= 4 is 5.82 Å². The van der Waals surface area contributed by atoms with E-state index >= 15 is 0 Å². The van der Waals surface area contributed by atoms with E-state index in [0.29, 0.717) is 5.69 Å². The molecule has 1 heterocycles. The molecule has 2 N–H and O–H groups in total. The number of anilines is 1. The molecule has 1 fully saturated rings. The molecule has 2 rings (SSSR count).